The van der Waals surface area contributed by atoms with E-state index in [9.17, 15) is 9.59 Å². The van der Waals surface area contributed by atoms with E-state index in [2.05, 4.69) is 30.6 Å². The van der Waals surface area contributed by atoms with Crippen LogP contribution in [0.25, 0.3) is 33.2 Å². The quantitative estimate of drug-likeness (QED) is 0.119. The van der Waals surface area contributed by atoms with E-state index in [1.54, 1.807) is 26.4 Å². The maximum Gasteiger partial charge on any atom is 0.234 e. The van der Waals surface area contributed by atoms with Gasteiger partial charge in [-0.3, -0.25) is 9.59 Å². The molecule has 2 heterocycles. The molecule has 4 aromatic carbocycles. The van der Waals surface area contributed by atoms with Crippen LogP contribution in [0.15, 0.2) is 95.2 Å². The average molecular weight is 625 g/mol. The lowest BCUT2D eigenvalue weighted by atomic mass is 10.0. The predicted molar refractivity (Wildman–Crippen MR) is 176 cm³/mol. The molecule has 0 bridgehead atoms. The summed E-state index contributed by atoms with van der Waals surface area (Å²) in [6.45, 7) is 0. The highest BCUT2D eigenvalue weighted by atomic mass is 32.2. The van der Waals surface area contributed by atoms with Crippen LogP contribution in [0.5, 0.6) is 11.5 Å². The lowest BCUT2D eigenvalue weighted by Crippen LogP contribution is -2.15. The number of ether oxygens (including phenoxy) is 2. The fourth-order valence-corrected chi connectivity index (χ4v) is 5.95. The Hall–Kier alpha value is -4.94. The molecule has 44 heavy (non-hydrogen) atoms. The van der Waals surface area contributed by atoms with E-state index in [1.807, 2.05) is 72.8 Å². The number of anilines is 2. The summed E-state index contributed by atoms with van der Waals surface area (Å²) in [5.74, 6) is 1.05. The highest BCUT2D eigenvalue weighted by Gasteiger charge is 2.14. The smallest absolute Gasteiger partial charge is 0.234 e. The van der Waals surface area contributed by atoms with Crippen molar-refractivity contribution in [3.8, 4) is 22.6 Å². The normalized spacial score (nSPS) is 11.0. The second-order valence-corrected chi connectivity index (χ2v) is 11.6. The lowest BCUT2D eigenvalue weighted by molar-refractivity contribution is -0.114. The first-order chi connectivity index (χ1) is 21.5. The fourth-order valence-electron chi connectivity index (χ4n) is 4.58. The third kappa shape index (κ3) is 6.66. The van der Waals surface area contributed by atoms with Gasteiger partial charge in [0.05, 0.1) is 59.2 Å². The molecule has 6 aromatic rings. The van der Waals surface area contributed by atoms with Gasteiger partial charge in [-0.05, 0) is 59.7 Å². The van der Waals surface area contributed by atoms with E-state index < -0.39 is 0 Å². The zero-order valence-electron chi connectivity index (χ0n) is 23.8. The van der Waals surface area contributed by atoms with Crippen LogP contribution in [0.3, 0.4) is 0 Å². The molecule has 6 rings (SSSR count). The lowest BCUT2D eigenvalue weighted by Gasteiger charge is -2.14. The molecule has 0 aliphatic rings. The molecule has 0 unspecified atom stereocenters. The molecular formula is C32H28N6O4S2. The monoisotopic (exact) mass is 624 g/mol. The van der Waals surface area contributed by atoms with E-state index in [0.29, 0.717) is 33.2 Å². The van der Waals surface area contributed by atoms with E-state index in [4.69, 9.17) is 9.47 Å². The summed E-state index contributed by atoms with van der Waals surface area (Å²) in [5, 5.41) is 7.21. The summed E-state index contributed by atoms with van der Waals surface area (Å²) >= 11 is 2.66. The number of hydrogen-bond acceptors (Lipinski definition) is 8. The maximum absolute atomic E-state index is 12.7. The van der Waals surface area contributed by atoms with Crippen molar-refractivity contribution in [2.45, 2.75) is 10.3 Å². The standard InChI is InChI=1S/C32H28N6O4S2/c1-41-27-15-19(11-13-25(27)33-29(39)17-43-31-35-21-7-3-4-8-22(21)36-31)20-12-14-26(28(16-20)42-2)34-30(40)18-44-32-37-23-9-5-6-10-24(23)38-32/h3-16H,17-18H2,1-2H3,(H,33,39)(H,34,40)(H,35,36)(H,37,38). The van der Waals surface area contributed by atoms with Gasteiger partial charge in [0.25, 0.3) is 0 Å². The predicted octanol–water partition coefficient (Wildman–Crippen LogP) is 6.59. The second kappa shape index (κ2) is 13.1. The zero-order chi connectivity index (χ0) is 30.5. The number of thioether (sulfide) groups is 2. The molecule has 4 N–H and O–H groups in total. The number of amides is 2. The SMILES string of the molecule is COc1cc(-c2ccc(NC(=O)CSc3nc4ccccc4[nH]3)c(OC)c2)ccc1NC(=O)CSc1nc2ccccc2[nH]1. The van der Waals surface area contributed by atoms with Crippen molar-refractivity contribution in [3.05, 3.63) is 84.9 Å². The fraction of sp³-hybridized carbons (Fsp3) is 0.125. The molecule has 0 saturated carbocycles. The number of hydrogen-bond donors (Lipinski definition) is 4. The van der Waals surface area contributed by atoms with Crippen molar-refractivity contribution in [1.29, 1.82) is 0 Å². The number of methoxy groups -OCH3 is 2. The molecule has 10 nitrogen and oxygen atoms in total. The highest BCUT2D eigenvalue weighted by molar-refractivity contribution is 8.00. The van der Waals surface area contributed by atoms with Gasteiger partial charge in [-0.25, -0.2) is 9.97 Å². The van der Waals surface area contributed by atoms with E-state index in [-0.39, 0.29) is 23.3 Å². The number of H-pyrrole nitrogens is 2. The molecule has 2 aromatic heterocycles. The van der Waals surface area contributed by atoms with Gasteiger partial charge in [-0.1, -0.05) is 59.9 Å². The van der Waals surface area contributed by atoms with E-state index in [0.717, 1.165) is 33.2 Å². The molecule has 0 fully saturated rings. The number of nitrogens with zero attached hydrogens (tertiary/aromatic N) is 2. The number of carbonyl (C=O) groups is 2. The molecular weight excluding hydrogens is 597 g/mol. The summed E-state index contributed by atoms with van der Waals surface area (Å²) in [5.41, 5.74) is 6.40. The average Bonchev–Trinajstić information content (AvgIpc) is 3.67. The number of carbonyl (C=O) groups excluding carboxylic acids is 2. The Balaban J connectivity index is 1.08. The van der Waals surface area contributed by atoms with Crippen LogP contribution >= 0.6 is 23.5 Å². The van der Waals surface area contributed by atoms with Gasteiger partial charge in [0.2, 0.25) is 11.8 Å². The maximum atomic E-state index is 12.7. The topological polar surface area (TPSA) is 134 Å². The van der Waals surface area contributed by atoms with Gasteiger partial charge in [0.1, 0.15) is 11.5 Å². The van der Waals surface area contributed by atoms with Crippen LogP contribution in [0.1, 0.15) is 0 Å². The van der Waals surface area contributed by atoms with Crippen LogP contribution < -0.4 is 20.1 Å². The molecule has 222 valence electrons. The van der Waals surface area contributed by atoms with E-state index in [1.165, 1.54) is 23.5 Å². The Morgan fingerprint density at radius 1 is 0.659 bits per heavy atom. The number of para-hydroxylation sites is 4. The summed E-state index contributed by atoms with van der Waals surface area (Å²) < 4.78 is 11.2. The summed E-state index contributed by atoms with van der Waals surface area (Å²) in [6, 6.07) is 26.5. The third-order valence-electron chi connectivity index (χ3n) is 6.70. The van der Waals surface area contributed by atoms with Crippen LogP contribution in [0.2, 0.25) is 0 Å². The van der Waals surface area contributed by atoms with Gasteiger partial charge < -0.3 is 30.1 Å². The molecule has 0 radical (unpaired) electrons. The molecule has 0 aliphatic heterocycles. The first-order valence-electron chi connectivity index (χ1n) is 13.6. The van der Waals surface area contributed by atoms with Crippen molar-refractivity contribution in [1.82, 2.24) is 19.9 Å². The summed E-state index contributed by atoms with van der Waals surface area (Å²) in [7, 11) is 3.11. The van der Waals surface area contributed by atoms with Crippen LogP contribution in [-0.2, 0) is 9.59 Å². The third-order valence-corrected chi connectivity index (χ3v) is 8.45. The molecule has 12 heteroatoms. The van der Waals surface area contributed by atoms with Gasteiger partial charge in [-0.15, -0.1) is 0 Å². The number of aromatic nitrogens is 4. The first kappa shape index (κ1) is 29.1. The Labute approximate surface area is 261 Å². The Bertz CT molecular complexity index is 1760. The number of rotatable bonds is 11. The number of imidazole rings is 2. The minimum absolute atomic E-state index is 0.179. The Morgan fingerprint density at radius 3 is 1.50 bits per heavy atom. The Kier molecular flexibility index (Phi) is 8.71. The first-order valence-corrected chi connectivity index (χ1v) is 15.6. The Morgan fingerprint density at radius 2 is 1.09 bits per heavy atom. The van der Waals surface area contributed by atoms with E-state index >= 15 is 0 Å². The molecule has 0 spiro atoms. The van der Waals surface area contributed by atoms with Crippen molar-refractivity contribution in [2.24, 2.45) is 0 Å². The molecule has 2 amide bonds. The number of nitrogens with one attached hydrogen (secondary N) is 4. The minimum atomic E-state index is -0.179. The van der Waals surface area contributed by atoms with Gasteiger partial charge in [-0.2, -0.15) is 0 Å². The van der Waals surface area contributed by atoms with Crippen LogP contribution in [0.4, 0.5) is 11.4 Å². The number of aromatic amines is 2. The van der Waals surface area contributed by atoms with Gasteiger partial charge in [0, 0.05) is 0 Å². The number of benzene rings is 4. The largest absolute Gasteiger partial charge is 0.495 e. The van der Waals surface area contributed by atoms with Crippen molar-refractivity contribution in [2.75, 3.05) is 36.4 Å². The van der Waals surface area contributed by atoms with Crippen molar-refractivity contribution in [3.63, 3.8) is 0 Å². The van der Waals surface area contributed by atoms with Gasteiger partial charge >= 0.3 is 0 Å². The highest BCUT2D eigenvalue weighted by Crippen LogP contribution is 2.35. The second-order valence-electron chi connectivity index (χ2n) is 9.62. The molecule has 0 aliphatic carbocycles. The molecule has 0 atom stereocenters. The van der Waals surface area contributed by atoms with Crippen LogP contribution in [0, 0.1) is 0 Å². The number of fused-ring (bicyclic) bond motifs is 2. The van der Waals surface area contributed by atoms with Crippen molar-refractivity contribution >= 4 is 68.8 Å². The van der Waals surface area contributed by atoms with Gasteiger partial charge in [0.15, 0.2) is 10.3 Å². The summed E-state index contributed by atoms with van der Waals surface area (Å²) in [6.07, 6.45) is 0. The molecule has 0 saturated heterocycles. The zero-order valence-corrected chi connectivity index (χ0v) is 25.5. The van der Waals surface area contributed by atoms with Crippen LogP contribution in [-0.4, -0.2) is 57.5 Å². The minimum Gasteiger partial charge on any atom is -0.495 e. The van der Waals surface area contributed by atoms with Crippen molar-refractivity contribution < 1.29 is 19.1 Å². The summed E-state index contributed by atoms with van der Waals surface area (Å²) in [4.78, 5) is 40.9.